The topological polar surface area (TPSA) is 38.8 Å². The van der Waals surface area contributed by atoms with Crippen molar-refractivity contribution in [1.29, 1.82) is 0 Å². The van der Waals surface area contributed by atoms with E-state index in [-0.39, 0.29) is 25.5 Å². The quantitative estimate of drug-likeness (QED) is 0.799. The van der Waals surface area contributed by atoms with Crippen LogP contribution in [0, 0.1) is 5.92 Å². The molecule has 0 aromatic rings. The summed E-state index contributed by atoms with van der Waals surface area (Å²) >= 11 is 0. The zero-order valence-electron chi connectivity index (χ0n) is 13.2. The minimum absolute atomic E-state index is 0.00166. The molecule has 1 rings (SSSR count). The largest absolute Gasteiger partial charge is 0.444 e. The van der Waals surface area contributed by atoms with Crippen LogP contribution in [0.15, 0.2) is 0 Å². The SMILES string of the molecule is CC(C)COC1(C(F)(F)F)CCN(C(=O)OC(C)(C)C)C1. The molecule has 0 aliphatic carbocycles. The summed E-state index contributed by atoms with van der Waals surface area (Å²) in [5.41, 5.74) is -3.02. The van der Waals surface area contributed by atoms with Crippen LogP contribution in [0.25, 0.3) is 0 Å². The summed E-state index contributed by atoms with van der Waals surface area (Å²) in [6.45, 7) is 8.05. The Bertz CT molecular complexity index is 377. The molecule has 0 aromatic carbocycles. The predicted octanol–water partition coefficient (Wildman–Crippen LogP) is 3.60. The number of rotatable bonds is 3. The number of nitrogens with zero attached hydrogens (tertiary/aromatic N) is 1. The maximum atomic E-state index is 13.3. The summed E-state index contributed by atoms with van der Waals surface area (Å²) in [6.07, 6.45) is -5.51. The number of carbonyl (C=O) groups is 1. The summed E-state index contributed by atoms with van der Waals surface area (Å²) in [5.74, 6) is -0.0141. The third-order valence-corrected chi connectivity index (χ3v) is 3.09. The van der Waals surface area contributed by atoms with Gasteiger partial charge in [-0.1, -0.05) is 13.8 Å². The molecule has 0 bridgehead atoms. The van der Waals surface area contributed by atoms with Gasteiger partial charge in [0.25, 0.3) is 0 Å². The Labute approximate surface area is 123 Å². The van der Waals surface area contributed by atoms with Gasteiger partial charge in [-0.25, -0.2) is 4.79 Å². The minimum Gasteiger partial charge on any atom is -0.444 e. The molecule has 1 fully saturated rings. The lowest BCUT2D eigenvalue weighted by atomic mass is 10.0. The van der Waals surface area contributed by atoms with Crippen LogP contribution in [0.2, 0.25) is 0 Å². The molecule has 1 aliphatic heterocycles. The standard InChI is InChI=1S/C14H24F3NO3/c1-10(2)8-20-13(14(15,16)17)6-7-18(9-13)11(19)21-12(3,4)5/h10H,6-9H2,1-5H3. The zero-order chi connectivity index (χ0) is 16.5. The first-order chi connectivity index (χ1) is 9.36. The van der Waals surface area contributed by atoms with Crippen molar-refractivity contribution < 1.29 is 27.4 Å². The number of ether oxygens (including phenoxy) is 2. The van der Waals surface area contributed by atoms with E-state index in [1.807, 2.05) is 0 Å². The molecule has 1 atom stereocenters. The average molecular weight is 311 g/mol. The summed E-state index contributed by atoms with van der Waals surface area (Å²) in [5, 5.41) is 0. The van der Waals surface area contributed by atoms with Gasteiger partial charge in [0.05, 0.1) is 13.2 Å². The first-order valence-corrected chi connectivity index (χ1v) is 7.05. The molecule has 4 nitrogen and oxygen atoms in total. The van der Waals surface area contributed by atoms with Gasteiger partial charge in [0.1, 0.15) is 5.60 Å². The van der Waals surface area contributed by atoms with Crippen molar-refractivity contribution in [2.75, 3.05) is 19.7 Å². The lowest BCUT2D eigenvalue weighted by Gasteiger charge is -2.32. The van der Waals surface area contributed by atoms with Gasteiger partial charge < -0.3 is 14.4 Å². The van der Waals surface area contributed by atoms with Crippen molar-refractivity contribution in [1.82, 2.24) is 4.90 Å². The number of hydrogen-bond donors (Lipinski definition) is 0. The van der Waals surface area contributed by atoms with Crippen molar-refractivity contribution in [3.05, 3.63) is 0 Å². The van der Waals surface area contributed by atoms with Crippen molar-refractivity contribution in [3.8, 4) is 0 Å². The van der Waals surface area contributed by atoms with E-state index in [0.717, 1.165) is 4.90 Å². The molecule has 0 aromatic heterocycles. The van der Waals surface area contributed by atoms with Gasteiger partial charge in [0, 0.05) is 13.0 Å². The fourth-order valence-electron chi connectivity index (χ4n) is 2.02. The first kappa shape index (κ1) is 18.1. The third-order valence-electron chi connectivity index (χ3n) is 3.09. The highest BCUT2D eigenvalue weighted by Gasteiger charge is 2.60. The molecule has 0 saturated carbocycles. The Hall–Kier alpha value is -0.980. The van der Waals surface area contributed by atoms with Crippen LogP contribution in [-0.2, 0) is 9.47 Å². The number of carbonyl (C=O) groups excluding carboxylic acids is 1. The maximum absolute atomic E-state index is 13.3. The molecule has 124 valence electrons. The van der Waals surface area contributed by atoms with Gasteiger partial charge in [-0.3, -0.25) is 0 Å². The molecule has 1 heterocycles. The van der Waals surface area contributed by atoms with Crippen LogP contribution < -0.4 is 0 Å². The van der Waals surface area contributed by atoms with Crippen LogP contribution in [0.3, 0.4) is 0 Å². The predicted molar refractivity (Wildman–Crippen MR) is 72.0 cm³/mol. The number of halogens is 3. The maximum Gasteiger partial charge on any atom is 0.419 e. The van der Waals surface area contributed by atoms with E-state index in [4.69, 9.17) is 9.47 Å². The van der Waals surface area contributed by atoms with Gasteiger partial charge in [0.15, 0.2) is 5.60 Å². The fourth-order valence-corrected chi connectivity index (χ4v) is 2.02. The monoisotopic (exact) mass is 311 g/mol. The van der Waals surface area contributed by atoms with Crippen molar-refractivity contribution in [3.63, 3.8) is 0 Å². The molecule has 1 amide bonds. The molecule has 0 N–H and O–H groups in total. The Morgan fingerprint density at radius 1 is 1.29 bits per heavy atom. The average Bonchev–Trinajstić information content (AvgIpc) is 2.68. The summed E-state index contributed by atoms with van der Waals surface area (Å²) < 4.78 is 50.3. The number of alkyl halides is 3. The van der Waals surface area contributed by atoms with E-state index in [1.54, 1.807) is 34.6 Å². The van der Waals surface area contributed by atoms with Crippen molar-refractivity contribution in [2.45, 2.75) is 58.4 Å². The van der Waals surface area contributed by atoms with Crippen LogP contribution in [0.5, 0.6) is 0 Å². The summed E-state index contributed by atoms with van der Waals surface area (Å²) in [7, 11) is 0. The van der Waals surface area contributed by atoms with Gasteiger partial charge in [-0.15, -0.1) is 0 Å². The summed E-state index contributed by atoms with van der Waals surface area (Å²) in [6, 6.07) is 0. The second-order valence-corrected chi connectivity index (χ2v) is 6.85. The molecule has 1 saturated heterocycles. The number of hydrogen-bond acceptors (Lipinski definition) is 3. The molecule has 7 heteroatoms. The fraction of sp³-hybridized carbons (Fsp3) is 0.929. The van der Waals surface area contributed by atoms with Crippen LogP contribution >= 0.6 is 0 Å². The zero-order valence-corrected chi connectivity index (χ0v) is 13.2. The van der Waals surface area contributed by atoms with Gasteiger partial charge in [-0.05, 0) is 26.7 Å². The number of amides is 1. The highest BCUT2D eigenvalue weighted by Crippen LogP contribution is 2.41. The lowest BCUT2D eigenvalue weighted by molar-refractivity contribution is -0.274. The van der Waals surface area contributed by atoms with E-state index in [0.29, 0.717) is 0 Å². The Morgan fingerprint density at radius 2 is 1.86 bits per heavy atom. The van der Waals surface area contributed by atoms with Crippen molar-refractivity contribution in [2.24, 2.45) is 5.92 Å². The van der Waals surface area contributed by atoms with Gasteiger partial charge in [-0.2, -0.15) is 13.2 Å². The van der Waals surface area contributed by atoms with Crippen molar-refractivity contribution >= 4 is 6.09 Å². The van der Waals surface area contributed by atoms with Gasteiger partial charge >= 0.3 is 12.3 Å². The lowest BCUT2D eigenvalue weighted by Crippen LogP contribution is -2.51. The third kappa shape index (κ3) is 4.76. The minimum atomic E-state index is -4.52. The van der Waals surface area contributed by atoms with Crippen LogP contribution in [-0.4, -0.2) is 48.1 Å². The van der Waals surface area contributed by atoms with E-state index in [2.05, 4.69) is 0 Å². The van der Waals surface area contributed by atoms with E-state index in [9.17, 15) is 18.0 Å². The molecular weight excluding hydrogens is 287 g/mol. The molecule has 1 aliphatic rings. The van der Waals surface area contributed by atoms with Crippen LogP contribution in [0.1, 0.15) is 41.0 Å². The highest BCUT2D eigenvalue weighted by molar-refractivity contribution is 5.68. The molecule has 21 heavy (non-hydrogen) atoms. The Morgan fingerprint density at radius 3 is 2.29 bits per heavy atom. The normalized spacial score (nSPS) is 23.8. The van der Waals surface area contributed by atoms with E-state index in [1.165, 1.54) is 0 Å². The molecule has 0 radical (unpaired) electrons. The summed E-state index contributed by atoms with van der Waals surface area (Å²) in [4.78, 5) is 13.0. The number of likely N-dealkylation sites (tertiary alicyclic amines) is 1. The highest BCUT2D eigenvalue weighted by atomic mass is 19.4. The second kappa shape index (κ2) is 6.02. The Balaban J connectivity index is 2.79. The first-order valence-electron chi connectivity index (χ1n) is 7.05. The Kier molecular flexibility index (Phi) is 5.18. The molecule has 1 unspecified atom stereocenters. The molecule has 0 spiro atoms. The van der Waals surface area contributed by atoms with Crippen LogP contribution in [0.4, 0.5) is 18.0 Å². The van der Waals surface area contributed by atoms with E-state index >= 15 is 0 Å². The molecular formula is C14H24F3NO3. The second-order valence-electron chi connectivity index (χ2n) is 6.85. The van der Waals surface area contributed by atoms with Gasteiger partial charge in [0.2, 0.25) is 0 Å². The van der Waals surface area contributed by atoms with E-state index < -0.39 is 30.0 Å². The smallest absolute Gasteiger partial charge is 0.419 e.